The molecule has 4 atom stereocenters. The summed E-state index contributed by atoms with van der Waals surface area (Å²) in [5.41, 5.74) is 5.34. The Kier molecular flexibility index (Phi) is 10.4. The van der Waals surface area contributed by atoms with Gasteiger partial charge in [0, 0.05) is 48.4 Å². The van der Waals surface area contributed by atoms with Gasteiger partial charge in [0.1, 0.15) is 23.5 Å². The van der Waals surface area contributed by atoms with E-state index in [0.29, 0.717) is 22.8 Å². The number of aromatic nitrogens is 3. The lowest BCUT2D eigenvalue weighted by molar-refractivity contribution is -0.136. The molecule has 0 radical (unpaired) electrons. The van der Waals surface area contributed by atoms with Gasteiger partial charge in [-0.3, -0.25) is 19.2 Å². The van der Waals surface area contributed by atoms with Gasteiger partial charge in [-0.15, -0.1) is 0 Å². The molecule has 3 heterocycles. The molecule has 13 heteroatoms. The Labute approximate surface area is 305 Å². The third-order valence-electron chi connectivity index (χ3n) is 9.60. The molecule has 4 amide bonds. The number of aliphatic hydroxyl groups excluding tert-OH is 2. The van der Waals surface area contributed by atoms with Gasteiger partial charge in [0.25, 0.3) is 0 Å². The van der Waals surface area contributed by atoms with E-state index < -0.39 is 24.3 Å². The highest BCUT2D eigenvalue weighted by Gasteiger charge is 2.40. The smallest absolute Gasteiger partial charge is 0.247 e. The molecule has 2 saturated heterocycles. The van der Waals surface area contributed by atoms with Crippen LogP contribution >= 0.6 is 0 Å². The van der Waals surface area contributed by atoms with Crippen molar-refractivity contribution in [1.29, 1.82) is 0 Å². The lowest BCUT2D eigenvalue weighted by Gasteiger charge is -2.24. The fourth-order valence-electron chi connectivity index (χ4n) is 6.93. The zero-order valence-corrected chi connectivity index (χ0v) is 28.8. The fraction of sp³-hybridized carbons (Fsp3) is 0.250. The minimum Gasteiger partial charge on any atom is -0.391 e. The van der Waals surface area contributed by atoms with E-state index in [1.54, 1.807) is 48.5 Å². The van der Waals surface area contributed by atoms with Crippen LogP contribution < -0.4 is 10.6 Å². The predicted octanol–water partition coefficient (Wildman–Crippen LogP) is 3.42. The zero-order valence-electron chi connectivity index (χ0n) is 28.8. The van der Waals surface area contributed by atoms with Crippen molar-refractivity contribution in [2.75, 3.05) is 23.7 Å². The highest BCUT2D eigenvalue weighted by Crippen LogP contribution is 2.31. The van der Waals surface area contributed by atoms with Gasteiger partial charge in [0.05, 0.1) is 25.0 Å². The molecule has 5 aromatic rings. The summed E-state index contributed by atoms with van der Waals surface area (Å²) in [6.07, 6.45) is -0.957. The Hall–Kier alpha value is -6.18. The number of nitrogens with one attached hydrogen (secondary N) is 3. The van der Waals surface area contributed by atoms with E-state index in [0.717, 1.165) is 22.3 Å². The van der Waals surface area contributed by atoms with E-state index in [1.807, 2.05) is 60.7 Å². The molecule has 0 spiro atoms. The van der Waals surface area contributed by atoms with Crippen LogP contribution in [0.4, 0.5) is 11.4 Å². The fourth-order valence-corrected chi connectivity index (χ4v) is 6.93. The minimum atomic E-state index is -0.790. The zero-order chi connectivity index (χ0) is 36.9. The van der Waals surface area contributed by atoms with Crippen molar-refractivity contribution in [3.63, 3.8) is 0 Å². The summed E-state index contributed by atoms with van der Waals surface area (Å²) in [6.45, 7) is 0.203. The van der Waals surface area contributed by atoms with E-state index in [4.69, 9.17) is 0 Å². The van der Waals surface area contributed by atoms with Gasteiger partial charge in [-0.1, -0.05) is 84.9 Å². The highest BCUT2D eigenvalue weighted by molar-refractivity contribution is 5.99. The van der Waals surface area contributed by atoms with Crippen LogP contribution in [0, 0.1) is 0 Å². The monoisotopic (exact) mass is 713 g/mol. The molecule has 5 N–H and O–H groups in total. The number of β-amino-alcohol motifs (C(OH)–C–C–N with tert-alkyl or cyclic N) is 2. The number of rotatable bonds is 10. The summed E-state index contributed by atoms with van der Waals surface area (Å²) in [5.74, 6) is -1.19. The molecule has 1 aromatic heterocycles. The van der Waals surface area contributed by atoms with Gasteiger partial charge in [0.15, 0.2) is 0 Å². The Morgan fingerprint density at radius 2 is 0.962 bits per heavy atom. The predicted molar refractivity (Wildman–Crippen MR) is 197 cm³/mol. The van der Waals surface area contributed by atoms with Crippen LogP contribution in [0.5, 0.6) is 0 Å². The largest absolute Gasteiger partial charge is 0.391 e. The number of H-pyrrole nitrogens is 1. The summed E-state index contributed by atoms with van der Waals surface area (Å²) in [6, 6.07) is 31.1. The van der Waals surface area contributed by atoms with E-state index in [9.17, 15) is 29.4 Å². The van der Waals surface area contributed by atoms with Crippen molar-refractivity contribution in [3.8, 4) is 22.5 Å². The van der Waals surface area contributed by atoms with Crippen LogP contribution in [0.2, 0.25) is 0 Å². The lowest BCUT2D eigenvalue weighted by atomic mass is 10.0. The van der Waals surface area contributed by atoms with E-state index in [-0.39, 0.29) is 62.4 Å². The number of benzene rings is 4. The molecule has 53 heavy (non-hydrogen) atoms. The molecule has 7 rings (SSSR count). The minimum absolute atomic E-state index is 0.102. The molecule has 0 saturated carbocycles. The summed E-state index contributed by atoms with van der Waals surface area (Å²) in [4.78, 5) is 55.5. The first kappa shape index (κ1) is 35.2. The molecular weight excluding hydrogens is 674 g/mol. The van der Waals surface area contributed by atoms with Crippen LogP contribution in [0.3, 0.4) is 0 Å². The molecule has 270 valence electrons. The van der Waals surface area contributed by atoms with Crippen LogP contribution in [0.15, 0.2) is 109 Å². The Morgan fingerprint density at radius 3 is 1.34 bits per heavy atom. The number of aromatic amines is 1. The van der Waals surface area contributed by atoms with Crippen molar-refractivity contribution in [2.45, 2.75) is 50.0 Å². The topological polar surface area (TPSA) is 181 Å². The van der Waals surface area contributed by atoms with E-state index >= 15 is 0 Å². The number of hydrogen-bond donors (Lipinski definition) is 5. The maximum Gasteiger partial charge on any atom is 0.247 e. The van der Waals surface area contributed by atoms with Crippen molar-refractivity contribution in [3.05, 3.63) is 120 Å². The standard InChI is InChI=1S/C40H39N7O6/c48-31-21-33(46(23-31)35(50)19-25-7-3-1-4-8-25)39(52)41-29-15-11-27(12-16-29)37-38(44-45-43-37)28-13-17-30(18-14-28)42-40(53)34-22-32(49)24-47(34)36(51)20-26-9-5-2-6-10-26/h1-18,31-34,48-49H,19-24H2,(H,41,52)(H,42,53)(H,43,44,45)/t31-,32-,33+,34+/m1/s1. The van der Waals surface area contributed by atoms with Gasteiger partial charge >= 0.3 is 0 Å². The average Bonchev–Trinajstić information content (AvgIpc) is 3.92. The molecule has 4 aromatic carbocycles. The van der Waals surface area contributed by atoms with Gasteiger partial charge in [-0.25, -0.2) is 0 Å². The van der Waals surface area contributed by atoms with Crippen molar-refractivity contribution in [1.82, 2.24) is 25.2 Å². The first-order chi connectivity index (χ1) is 25.7. The summed E-state index contributed by atoms with van der Waals surface area (Å²) < 4.78 is 0. The number of likely N-dealkylation sites (tertiary alicyclic amines) is 2. The average molecular weight is 714 g/mol. The Balaban J connectivity index is 0.972. The molecule has 2 fully saturated rings. The molecule has 13 nitrogen and oxygen atoms in total. The molecular formula is C40H39N7O6. The second-order valence-corrected chi connectivity index (χ2v) is 13.4. The number of carbonyl (C=O) groups is 4. The first-order valence-electron chi connectivity index (χ1n) is 17.5. The summed E-state index contributed by atoms with van der Waals surface area (Å²) in [7, 11) is 0. The van der Waals surface area contributed by atoms with E-state index in [1.165, 1.54) is 9.80 Å². The molecule has 2 aliphatic heterocycles. The van der Waals surface area contributed by atoms with Crippen LogP contribution in [-0.4, -0.2) is 96.4 Å². The first-order valence-corrected chi connectivity index (χ1v) is 17.5. The molecule has 0 unspecified atom stereocenters. The molecule has 2 aliphatic rings. The van der Waals surface area contributed by atoms with E-state index in [2.05, 4.69) is 26.0 Å². The van der Waals surface area contributed by atoms with Gasteiger partial charge in [-0.05, 0) is 35.4 Å². The molecule has 0 bridgehead atoms. The summed E-state index contributed by atoms with van der Waals surface area (Å²) in [5, 5.41) is 37.7. The number of hydrogen-bond acceptors (Lipinski definition) is 8. The summed E-state index contributed by atoms with van der Waals surface area (Å²) >= 11 is 0. The van der Waals surface area contributed by atoms with Gasteiger partial charge < -0.3 is 30.6 Å². The van der Waals surface area contributed by atoms with Crippen LogP contribution in [0.1, 0.15) is 24.0 Å². The second-order valence-electron chi connectivity index (χ2n) is 13.4. The SMILES string of the molecule is O=C(Nc1ccc(-c2n[nH]nc2-c2ccc(NC(=O)[C@@H]3C[C@@H](O)CN3C(=O)Cc3ccccc3)cc2)cc1)[C@@H]1C[C@@H](O)CN1C(=O)Cc1ccccc1. The van der Waals surface area contributed by atoms with Crippen molar-refractivity contribution < 1.29 is 29.4 Å². The lowest BCUT2D eigenvalue weighted by Crippen LogP contribution is -2.43. The number of carbonyl (C=O) groups excluding carboxylic acids is 4. The van der Waals surface area contributed by atoms with Crippen molar-refractivity contribution >= 4 is 35.0 Å². The van der Waals surface area contributed by atoms with Crippen LogP contribution in [0.25, 0.3) is 22.5 Å². The van der Waals surface area contributed by atoms with Gasteiger partial charge in [0.2, 0.25) is 23.6 Å². The normalized spacial score (nSPS) is 19.6. The van der Waals surface area contributed by atoms with Crippen LogP contribution in [-0.2, 0) is 32.0 Å². The third-order valence-corrected chi connectivity index (χ3v) is 9.60. The second kappa shape index (κ2) is 15.6. The Morgan fingerprint density at radius 1 is 0.585 bits per heavy atom. The van der Waals surface area contributed by atoms with Crippen molar-refractivity contribution in [2.24, 2.45) is 0 Å². The number of anilines is 2. The quantitative estimate of drug-likeness (QED) is 0.146. The number of nitrogens with zero attached hydrogens (tertiary/aromatic N) is 4. The Bertz CT molecular complexity index is 1920. The maximum atomic E-state index is 13.3. The molecule has 0 aliphatic carbocycles. The van der Waals surface area contributed by atoms with Gasteiger partial charge in [-0.2, -0.15) is 15.4 Å². The maximum absolute atomic E-state index is 13.3. The third kappa shape index (κ3) is 8.16. The number of aliphatic hydroxyl groups is 2. The highest BCUT2D eigenvalue weighted by atomic mass is 16.3. The number of amides is 4.